The van der Waals surface area contributed by atoms with E-state index in [1.165, 1.54) is 0 Å². The maximum atomic E-state index is 10.3. The van der Waals surface area contributed by atoms with Crippen molar-refractivity contribution in [1.29, 1.82) is 0 Å². The van der Waals surface area contributed by atoms with Gasteiger partial charge in [-0.2, -0.15) is 0 Å². The highest BCUT2D eigenvalue weighted by Crippen LogP contribution is 2.39. The second-order valence-electron chi connectivity index (χ2n) is 8.07. The Labute approximate surface area is 207 Å². The van der Waals surface area contributed by atoms with Crippen LogP contribution in [-0.2, 0) is 25.7 Å². The van der Waals surface area contributed by atoms with Crippen LogP contribution < -0.4 is 28.4 Å². The lowest BCUT2D eigenvalue weighted by Gasteiger charge is -2.15. The van der Waals surface area contributed by atoms with Gasteiger partial charge in [-0.25, -0.2) is 0 Å². The predicted octanol–water partition coefficient (Wildman–Crippen LogP) is 5.01. The van der Waals surface area contributed by atoms with Gasteiger partial charge in [0.1, 0.15) is 5.75 Å². The normalized spacial score (nSPS) is 10.6. The Balaban J connectivity index is 1.74. The Morgan fingerprint density at radius 1 is 0.429 bits per heavy atom. The summed E-state index contributed by atoms with van der Waals surface area (Å²) in [7, 11) is 9.61. The zero-order valence-corrected chi connectivity index (χ0v) is 21.3. The fraction of sp³-hybridized carbons (Fsp3) is 0.357. The highest BCUT2D eigenvalue weighted by molar-refractivity contribution is 5.55. The minimum Gasteiger partial charge on any atom is -0.508 e. The molecule has 1 N–H and O–H groups in total. The molecule has 0 saturated carbocycles. The zero-order valence-electron chi connectivity index (χ0n) is 21.3. The van der Waals surface area contributed by atoms with Gasteiger partial charge in [-0.15, -0.1) is 0 Å². The zero-order chi connectivity index (χ0) is 25.4. The number of phenols is 1. The van der Waals surface area contributed by atoms with Crippen molar-refractivity contribution in [1.82, 2.24) is 0 Å². The van der Waals surface area contributed by atoms with E-state index in [0.29, 0.717) is 34.5 Å². The topological polar surface area (TPSA) is 75.6 Å². The van der Waals surface area contributed by atoms with Crippen molar-refractivity contribution < 1.29 is 33.5 Å². The molecule has 35 heavy (non-hydrogen) atoms. The molecule has 0 bridgehead atoms. The lowest BCUT2D eigenvalue weighted by Crippen LogP contribution is -2.00. The molecule has 0 fully saturated rings. The highest BCUT2D eigenvalue weighted by atomic mass is 16.5. The number of ether oxygens (including phenoxy) is 6. The number of benzene rings is 3. The molecule has 7 nitrogen and oxygen atoms in total. The molecule has 0 atom stereocenters. The van der Waals surface area contributed by atoms with E-state index in [1.807, 2.05) is 24.3 Å². The smallest absolute Gasteiger partial charge is 0.203 e. The SMILES string of the molecule is COc1cc(CCc2cc(O)cc(CCc3cc(OC)c(OC)c(OC)c3)c2)cc(OC)c1OC. The third-order valence-corrected chi connectivity index (χ3v) is 5.89. The summed E-state index contributed by atoms with van der Waals surface area (Å²) in [6.45, 7) is 0. The van der Waals surface area contributed by atoms with Crippen LogP contribution in [0.2, 0.25) is 0 Å². The monoisotopic (exact) mass is 482 g/mol. The summed E-state index contributed by atoms with van der Waals surface area (Å²) < 4.78 is 32.7. The van der Waals surface area contributed by atoms with Crippen molar-refractivity contribution in [3.63, 3.8) is 0 Å². The van der Waals surface area contributed by atoms with E-state index in [0.717, 1.165) is 47.9 Å². The third kappa shape index (κ3) is 6.23. The van der Waals surface area contributed by atoms with Crippen LogP contribution in [0.5, 0.6) is 40.2 Å². The molecular weight excluding hydrogens is 448 g/mol. The fourth-order valence-electron chi connectivity index (χ4n) is 4.17. The molecule has 0 amide bonds. The van der Waals surface area contributed by atoms with Crippen LogP contribution in [-0.4, -0.2) is 47.8 Å². The van der Waals surface area contributed by atoms with Crippen LogP contribution >= 0.6 is 0 Å². The molecular formula is C28H34O7. The molecule has 0 aliphatic carbocycles. The lowest BCUT2D eigenvalue weighted by atomic mass is 9.98. The van der Waals surface area contributed by atoms with E-state index in [-0.39, 0.29) is 5.75 Å². The van der Waals surface area contributed by atoms with E-state index < -0.39 is 0 Å². The summed E-state index contributed by atoms with van der Waals surface area (Å²) in [5, 5.41) is 10.3. The van der Waals surface area contributed by atoms with Crippen LogP contribution in [0, 0.1) is 0 Å². The summed E-state index contributed by atoms with van der Waals surface area (Å²) >= 11 is 0. The van der Waals surface area contributed by atoms with Crippen molar-refractivity contribution in [2.75, 3.05) is 42.7 Å². The number of hydrogen-bond donors (Lipinski definition) is 1. The minimum absolute atomic E-state index is 0.257. The van der Waals surface area contributed by atoms with Crippen molar-refractivity contribution in [3.8, 4) is 40.2 Å². The van der Waals surface area contributed by atoms with Crippen LogP contribution in [0.1, 0.15) is 22.3 Å². The van der Waals surface area contributed by atoms with Crippen LogP contribution in [0.3, 0.4) is 0 Å². The predicted molar refractivity (Wildman–Crippen MR) is 135 cm³/mol. The van der Waals surface area contributed by atoms with Gasteiger partial charge in [0, 0.05) is 0 Å². The maximum Gasteiger partial charge on any atom is 0.203 e. The van der Waals surface area contributed by atoms with E-state index in [9.17, 15) is 5.11 Å². The van der Waals surface area contributed by atoms with Gasteiger partial charge in [0.15, 0.2) is 23.0 Å². The molecule has 188 valence electrons. The van der Waals surface area contributed by atoms with Gasteiger partial charge in [-0.05, 0) is 84.3 Å². The Morgan fingerprint density at radius 3 is 0.971 bits per heavy atom. The Morgan fingerprint density at radius 2 is 0.714 bits per heavy atom. The second-order valence-corrected chi connectivity index (χ2v) is 8.07. The summed E-state index contributed by atoms with van der Waals surface area (Å²) in [5.41, 5.74) is 4.22. The van der Waals surface area contributed by atoms with E-state index in [4.69, 9.17) is 28.4 Å². The maximum absolute atomic E-state index is 10.3. The highest BCUT2D eigenvalue weighted by Gasteiger charge is 2.15. The molecule has 0 aromatic heterocycles. The first kappa shape index (κ1) is 25.9. The largest absolute Gasteiger partial charge is 0.508 e. The first-order chi connectivity index (χ1) is 17.0. The van der Waals surface area contributed by atoms with Gasteiger partial charge in [-0.3, -0.25) is 0 Å². The molecule has 0 spiro atoms. The number of hydrogen-bond acceptors (Lipinski definition) is 7. The first-order valence-corrected chi connectivity index (χ1v) is 11.4. The second kappa shape index (κ2) is 12.1. The van der Waals surface area contributed by atoms with E-state index in [2.05, 4.69) is 6.07 Å². The minimum atomic E-state index is 0.257. The number of rotatable bonds is 12. The van der Waals surface area contributed by atoms with E-state index in [1.54, 1.807) is 54.8 Å². The summed E-state index contributed by atoms with van der Waals surface area (Å²) in [5.74, 6) is 3.92. The van der Waals surface area contributed by atoms with Gasteiger partial charge >= 0.3 is 0 Å². The molecule has 3 rings (SSSR count). The average Bonchev–Trinajstić information content (AvgIpc) is 2.88. The molecule has 0 heterocycles. The van der Waals surface area contributed by atoms with Gasteiger partial charge in [0.05, 0.1) is 42.7 Å². The fourth-order valence-corrected chi connectivity index (χ4v) is 4.17. The molecule has 0 aliphatic heterocycles. The average molecular weight is 483 g/mol. The first-order valence-electron chi connectivity index (χ1n) is 11.4. The number of methoxy groups -OCH3 is 6. The van der Waals surface area contributed by atoms with Gasteiger partial charge in [0.25, 0.3) is 0 Å². The Kier molecular flexibility index (Phi) is 8.95. The molecule has 0 aliphatic rings. The standard InChI is InChI=1S/C28H34O7/c1-30-23-14-20(15-24(31-2)27(23)34-5)9-7-18-11-19(13-22(29)12-18)8-10-21-16-25(32-3)28(35-6)26(17-21)33-4/h11-17,29H,7-10H2,1-6H3. The van der Waals surface area contributed by atoms with Gasteiger partial charge < -0.3 is 33.5 Å². The summed E-state index contributed by atoms with van der Waals surface area (Å²) in [6, 6.07) is 13.6. The number of aromatic hydroxyl groups is 1. The Hall–Kier alpha value is -3.74. The van der Waals surface area contributed by atoms with Crippen molar-refractivity contribution in [2.45, 2.75) is 25.7 Å². The quantitative estimate of drug-likeness (QED) is 0.389. The molecule has 0 unspecified atom stereocenters. The molecule has 3 aromatic carbocycles. The van der Waals surface area contributed by atoms with Crippen molar-refractivity contribution >= 4 is 0 Å². The van der Waals surface area contributed by atoms with Gasteiger partial charge in [-0.1, -0.05) is 6.07 Å². The van der Waals surface area contributed by atoms with Crippen LogP contribution in [0.4, 0.5) is 0 Å². The molecule has 0 radical (unpaired) electrons. The van der Waals surface area contributed by atoms with Crippen LogP contribution in [0.25, 0.3) is 0 Å². The van der Waals surface area contributed by atoms with Crippen molar-refractivity contribution in [3.05, 3.63) is 64.7 Å². The van der Waals surface area contributed by atoms with E-state index >= 15 is 0 Å². The lowest BCUT2D eigenvalue weighted by molar-refractivity contribution is 0.324. The molecule has 3 aromatic rings. The van der Waals surface area contributed by atoms with Crippen LogP contribution in [0.15, 0.2) is 42.5 Å². The summed E-state index contributed by atoms with van der Waals surface area (Å²) in [4.78, 5) is 0. The third-order valence-electron chi connectivity index (χ3n) is 5.89. The Bertz CT molecular complexity index is 1000. The number of phenolic OH excluding ortho intramolecular Hbond substituents is 1. The summed E-state index contributed by atoms with van der Waals surface area (Å²) in [6.07, 6.45) is 3.02. The molecule has 0 saturated heterocycles. The molecule has 7 heteroatoms. The van der Waals surface area contributed by atoms with Gasteiger partial charge in [0.2, 0.25) is 11.5 Å². The number of aryl methyl sites for hydroxylation is 4. The van der Waals surface area contributed by atoms with Crippen molar-refractivity contribution in [2.24, 2.45) is 0 Å².